The second-order valence-electron chi connectivity index (χ2n) is 4.66. The monoisotopic (exact) mass is 251 g/mol. The van der Waals surface area contributed by atoms with Crippen molar-refractivity contribution in [2.75, 3.05) is 0 Å². The zero-order chi connectivity index (χ0) is 13.1. The normalized spacial score (nSPS) is 18.2. The Bertz CT molecular complexity index is 464. The summed E-state index contributed by atoms with van der Waals surface area (Å²) < 4.78 is 5.45. The van der Waals surface area contributed by atoms with Crippen LogP contribution in [0.4, 0.5) is 0 Å². The highest BCUT2D eigenvalue weighted by Gasteiger charge is 2.26. The van der Waals surface area contributed by atoms with Crippen LogP contribution in [-0.2, 0) is 16.0 Å². The first-order chi connectivity index (χ1) is 8.58. The predicted molar refractivity (Wildman–Crippen MR) is 64.1 cm³/mol. The topological polar surface area (TPSA) is 79.5 Å². The number of hydrogen-bond donors (Lipinski definition) is 2. The van der Waals surface area contributed by atoms with Crippen molar-refractivity contribution in [1.29, 1.82) is 0 Å². The van der Waals surface area contributed by atoms with Crippen LogP contribution >= 0.6 is 0 Å². The molecule has 5 nitrogen and oxygen atoms in total. The number of carboxylic acid groups (broad SMARTS) is 1. The first-order valence-electron chi connectivity index (χ1n) is 6.16. The molecule has 5 heteroatoms. The third-order valence-corrected chi connectivity index (χ3v) is 3.25. The van der Waals surface area contributed by atoms with E-state index in [0.29, 0.717) is 0 Å². The number of amides is 1. The Kier molecular flexibility index (Phi) is 3.69. The molecule has 0 unspecified atom stereocenters. The van der Waals surface area contributed by atoms with E-state index in [1.54, 1.807) is 6.26 Å². The highest BCUT2D eigenvalue weighted by atomic mass is 16.4. The molecule has 0 saturated carbocycles. The molecule has 1 atom stereocenters. The van der Waals surface area contributed by atoms with Gasteiger partial charge in [0.05, 0.1) is 18.7 Å². The third-order valence-electron chi connectivity index (χ3n) is 3.25. The fraction of sp³-hybridized carbons (Fsp3) is 0.538. The van der Waals surface area contributed by atoms with Crippen molar-refractivity contribution in [3.05, 3.63) is 23.2 Å². The molecule has 1 aromatic heterocycles. The van der Waals surface area contributed by atoms with Crippen molar-refractivity contribution in [2.45, 2.75) is 45.1 Å². The molecule has 2 rings (SSSR count). The summed E-state index contributed by atoms with van der Waals surface area (Å²) in [5, 5.41) is 11.4. The average molecular weight is 251 g/mol. The Morgan fingerprint density at radius 1 is 1.50 bits per heavy atom. The summed E-state index contributed by atoms with van der Waals surface area (Å²) in [6, 6.07) is -0.0335. The van der Waals surface area contributed by atoms with Gasteiger partial charge in [0.15, 0.2) is 0 Å². The SMILES string of the molecule is Cc1coc2c1[C@H](NC(=O)CCC(=O)O)CCC2. The highest BCUT2D eigenvalue weighted by molar-refractivity contribution is 5.81. The van der Waals surface area contributed by atoms with Gasteiger partial charge >= 0.3 is 5.97 Å². The van der Waals surface area contributed by atoms with Crippen molar-refractivity contribution in [3.8, 4) is 0 Å². The summed E-state index contributed by atoms with van der Waals surface area (Å²) in [5.41, 5.74) is 2.12. The fourth-order valence-corrected chi connectivity index (χ4v) is 2.41. The van der Waals surface area contributed by atoms with Gasteiger partial charge in [0.25, 0.3) is 0 Å². The minimum Gasteiger partial charge on any atom is -0.481 e. The Labute approximate surface area is 105 Å². The molecule has 1 amide bonds. The van der Waals surface area contributed by atoms with E-state index in [1.807, 2.05) is 6.92 Å². The number of aliphatic carboxylic acids is 1. The molecule has 0 aromatic carbocycles. The number of furan rings is 1. The number of rotatable bonds is 4. The van der Waals surface area contributed by atoms with Crippen LogP contribution in [-0.4, -0.2) is 17.0 Å². The maximum Gasteiger partial charge on any atom is 0.303 e. The lowest BCUT2D eigenvalue weighted by molar-refractivity contribution is -0.139. The average Bonchev–Trinajstić information content (AvgIpc) is 2.70. The number of carboxylic acids is 1. The van der Waals surface area contributed by atoms with Gasteiger partial charge in [-0.05, 0) is 25.3 Å². The lowest BCUT2D eigenvalue weighted by Gasteiger charge is -2.23. The smallest absolute Gasteiger partial charge is 0.303 e. The molecule has 0 fully saturated rings. The second-order valence-corrected chi connectivity index (χ2v) is 4.66. The number of nitrogens with one attached hydrogen (secondary N) is 1. The van der Waals surface area contributed by atoms with Crippen LogP contribution in [0, 0.1) is 6.92 Å². The molecule has 98 valence electrons. The molecule has 1 heterocycles. The molecule has 1 aromatic rings. The van der Waals surface area contributed by atoms with Gasteiger partial charge < -0.3 is 14.8 Å². The first kappa shape index (κ1) is 12.7. The van der Waals surface area contributed by atoms with Crippen molar-refractivity contribution in [2.24, 2.45) is 0 Å². The molecular formula is C13H17NO4. The van der Waals surface area contributed by atoms with E-state index in [4.69, 9.17) is 9.52 Å². The molecule has 0 bridgehead atoms. The van der Waals surface area contributed by atoms with Crippen LogP contribution in [0.25, 0.3) is 0 Å². The van der Waals surface area contributed by atoms with Crippen molar-refractivity contribution in [1.82, 2.24) is 5.32 Å². The van der Waals surface area contributed by atoms with Gasteiger partial charge in [0.1, 0.15) is 5.76 Å². The van der Waals surface area contributed by atoms with E-state index in [9.17, 15) is 9.59 Å². The highest BCUT2D eigenvalue weighted by Crippen LogP contribution is 2.33. The van der Waals surface area contributed by atoms with Crippen LogP contribution in [0.3, 0.4) is 0 Å². The van der Waals surface area contributed by atoms with E-state index >= 15 is 0 Å². The van der Waals surface area contributed by atoms with Gasteiger partial charge in [0.2, 0.25) is 5.91 Å². The minimum atomic E-state index is -0.950. The zero-order valence-corrected chi connectivity index (χ0v) is 10.4. The summed E-state index contributed by atoms with van der Waals surface area (Å²) in [6.45, 7) is 1.96. The van der Waals surface area contributed by atoms with Crippen LogP contribution in [0.2, 0.25) is 0 Å². The molecule has 0 spiro atoms. The molecule has 1 aliphatic carbocycles. The van der Waals surface area contributed by atoms with Gasteiger partial charge in [-0.25, -0.2) is 0 Å². The lowest BCUT2D eigenvalue weighted by atomic mass is 9.91. The van der Waals surface area contributed by atoms with Crippen LogP contribution < -0.4 is 5.32 Å². The Morgan fingerprint density at radius 3 is 3.00 bits per heavy atom. The number of hydrogen-bond acceptors (Lipinski definition) is 3. The van der Waals surface area contributed by atoms with E-state index in [-0.39, 0.29) is 24.8 Å². The maximum atomic E-state index is 11.7. The Hall–Kier alpha value is -1.78. The van der Waals surface area contributed by atoms with E-state index < -0.39 is 5.97 Å². The zero-order valence-electron chi connectivity index (χ0n) is 10.4. The van der Waals surface area contributed by atoms with Gasteiger partial charge in [-0.1, -0.05) is 0 Å². The minimum absolute atomic E-state index is 0.0259. The van der Waals surface area contributed by atoms with Crippen LogP contribution in [0.5, 0.6) is 0 Å². The van der Waals surface area contributed by atoms with E-state index in [0.717, 1.165) is 36.1 Å². The van der Waals surface area contributed by atoms with Gasteiger partial charge in [-0.15, -0.1) is 0 Å². The number of fused-ring (bicyclic) bond motifs is 1. The first-order valence-corrected chi connectivity index (χ1v) is 6.16. The molecule has 2 N–H and O–H groups in total. The third kappa shape index (κ3) is 2.72. The molecule has 0 aliphatic heterocycles. The molecular weight excluding hydrogens is 234 g/mol. The Balaban J connectivity index is 2.00. The largest absolute Gasteiger partial charge is 0.481 e. The number of aryl methyl sites for hydroxylation is 2. The number of carbonyl (C=O) groups is 2. The number of carbonyl (C=O) groups excluding carboxylic acids is 1. The second kappa shape index (κ2) is 5.25. The summed E-state index contributed by atoms with van der Waals surface area (Å²) in [4.78, 5) is 22.1. The molecule has 1 aliphatic rings. The summed E-state index contributed by atoms with van der Waals surface area (Å²) in [5.74, 6) is -0.216. The molecule has 0 saturated heterocycles. The van der Waals surface area contributed by atoms with Crippen molar-refractivity contribution < 1.29 is 19.1 Å². The standard InChI is InChI=1S/C13H17NO4/c1-8-7-18-10-4-2-3-9(13(8)10)14-11(15)5-6-12(16)17/h7,9H,2-6H2,1H3,(H,14,15)(H,16,17)/t9-/m1/s1. The van der Waals surface area contributed by atoms with E-state index in [2.05, 4.69) is 5.32 Å². The Morgan fingerprint density at radius 2 is 2.28 bits per heavy atom. The molecule has 0 radical (unpaired) electrons. The fourth-order valence-electron chi connectivity index (χ4n) is 2.41. The molecule has 18 heavy (non-hydrogen) atoms. The van der Waals surface area contributed by atoms with E-state index in [1.165, 1.54) is 0 Å². The summed E-state index contributed by atoms with van der Waals surface area (Å²) in [7, 11) is 0. The van der Waals surface area contributed by atoms with Gasteiger partial charge in [-0.2, -0.15) is 0 Å². The quantitative estimate of drug-likeness (QED) is 0.857. The summed E-state index contributed by atoms with van der Waals surface area (Å²) >= 11 is 0. The lowest BCUT2D eigenvalue weighted by Crippen LogP contribution is -2.31. The van der Waals surface area contributed by atoms with Crippen LogP contribution in [0.1, 0.15) is 48.6 Å². The maximum absolute atomic E-state index is 11.7. The predicted octanol–water partition coefficient (Wildman–Crippen LogP) is 1.95. The van der Waals surface area contributed by atoms with Gasteiger partial charge in [0, 0.05) is 18.4 Å². The van der Waals surface area contributed by atoms with Gasteiger partial charge in [-0.3, -0.25) is 9.59 Å². The summed E-state index contributed by atoms with van der Waals surface area (Å²) in [6.07, 6.45) is 4.38. The van der Waals surface area contributed by atoms with Crippen molar-refractivity contribution >= 4 is 11.9 Å². The van der Waals surface area contributed by atoms with Crippen LogP contribution in [0.15, 0.2) is 10.7 Å². The van der Waals surface area contributed by atoms with Crippen molar-refractivity contribution in [3.63, 3.8) is 0 Å².